The van der Waals surface area contributed by atoms with Gasteiger partial charge in [0.15, 0.2) is 5.78 Å². The van der Waals surface area contributed by atoms with Crippen molar-refractivity contribution in [3.8, 4) is 6.07 Å². The molecule has 0 aliphatic heterocycles. The largest absolute Gasteiger partial charge is 0.298 e. The monoisotopic (exact) mass is 235 g/mol. The Morgan fingerprint density at radius 3 is 2.53 bits per heavy atom. The van der Waals surface area contributed by atoms with Gasteiger partial charge in [-0.2, -0.15) is 5.26 Å². The second kappa shape index (κ2) is 5.67. The fourth-order valence-electron chi connectivity index (χ4n) is 2.97. The molecule has 1 fully saturated rings. The summed E-state index contributed by atoms with van der Waals surface area (Å²) in [5.41, 5.74) is 0.0847. The number of nitrogens with zero attached hydrogens (tertiary/aromatic N) is 1. The molecule has 0 radical (unpaired) electrons. The first kappa shape index (κ1) is 14.2. The molecule has 0 bridgehead atoms. The van der Waals surface area contributed by atoms with Crippen molar-refractivity contribution in [2.24, 2.45) is 23.2 Å². The summed E-state index contributed by atoms with van der Waals surface area (Å²) < 4.78 is 0. The lowest BCUT2D eigenvalue weighted by atomic mass is 9.65. The van der Waals surface area contributed by atoms with Crippen molar-refractivity contribution in [3.05, 3.63) is 0 Å². The van der Waals surface area contributed by atoms with Gasteiger partial charge in [0.25, 0.3) is 0 Å². The molecule has 0 aromatic heterocycles. The highest BCUT2D eigenvalue weighted by molar-refractivity contribution is 5.86. The lowest BCUT2D eigenvalue weighted by Gasteiger charge is -2.38. The lowest BCUT2D eigenvalue weighted by molar-refractivity contribution is -0.130. The summed E-state index contributed by atoms with van der Waals surface area (Å²) in [5, 5.41) is 9.18. The predicted octanol–water partition coefficient (Wildman–Crippen LogP) is 3.96. The quantitative estimate of drug-likeness (QED) is 0.740. The van der Waals surface area contributed by atoms with Gasteiger partial charge in [0.1, 0.15) is 5.92 Å². The number of hydrogen-bond donors (Lipinski definition) is 0. The zero-order valence-corrected chi connectivity index (χ0v) is 11.6. The van der Waals surface area contributed by atoms with Crippen molar-refractivity contribution in [1.82, 2.24) is 0 Å². The van der Waals surface area contributed by atoms with Crippen LogP contribution in [0.1, 0.15) is 59.8 Å². The van der Waals surface area contributed by atoms with Crippen molar-refractivity contribution in [3.63, 3.8) is 0 Å². The number of rotatable bonds is 4. The highest BCUT2D eigenvalue weighted by Gasteiger charge is 2.39. The van der Waals surface area contributed by atoms with E-state index in [1.807, 2.05) is 0 Å². The first-order valence-electron chi connectivity index (χ1n) is 6.82. The molecule has 0 aromatic rings. The number of carbonyl (C=O) groups is 1. The summed E-state index contributed by atoms with van der Waals surface area (Å²) in [4.78, 5) is 12.5. The van der Waals surface area contributed by atoms with Crippen LogP contribution in [0.3, 0.4) is 0 Å². The number of carbonyl (C=O) groups excluding carboxylic acids is 1. The second-order valence-electron chi connectivity index (χ2n) is 6.50. The molecule has 0 N–H and O–H groups in total. The summed E-state index contributed by atoms with van der Waals surface area (Å²) in [6.07, 6.45) is 5.16. The molecule has 2 nitrogen and oxygen atoms in total. The van der Waals surface area contributed by atoms with Gasteiger partial charge in [-0.25, -0.2) is 0 Å². The highest BCUT2D eigenvalue weighted by atomic mass is 16.1. The molecule has 0 heterocycles. The van der Waals surface area contributed by atoms with Gasteiger partial charge in [-0.1, -0.05) is 40.5 Å². The predicted molar refractivity (Wildman–Crippen MR) is 69.3 cm³/mol. The van der Waals surface area contributed by atoms with Crippen LogP contribution < -0.4 is 0 Å². The van der Waals surface area contributed by atoms with Crippen molar-refractivity contribution >= 4 is 5.78 Å². The van der Waals surface area contributed by atoms with Crippen LogP contribution in [-0.2, 0) is 4.79 Å². The normalized spacial score (nSPS) is 25.3. The molecule has 1 aliphatic carbocycles. The van der Waals surface area contributed by atoms with E-state index in [2.05, 4.69) is 33.8 Å². The van der Waals surface area contributed by atoms with E-state index in [-0.39, 0.29) is 17.1 Å². The third-order valence-electron chi connectivity index (χ3n) is 4.06. The molecule has 0 spiro atoms. The van der Waals surface area contributed by atoms with E-state index in [0.717, 1.165) is 19.3 Å². The Morgan fingerprint density at radius 2 is 2.06 bits per heavy atom. The first-order valence-corrected chi connectivity index (χ1v) is 6.82. The van der Waals surface area contributed by atoms with Crippen LogP contribution in [0.5, 0.6) is 0 Å². The lowest BCUT2D eigenvalue weighted by Crippen LogP contribution is -2.37. The van der Waals surface area contributed by atoms with Gasteiger partial charge in [-0.15, -0.1) is 0 Å². The van der Waals surface area contributed by atoms with E-state index < -0.39 is 5.92 Å². The maximum absolute atomic E-state index is 12.5. The molecule has 1 saturated carbocycles. The van der Waals surface area contributed by atoms with E-state index in [4.69, 9.17) is 0 Å². The standard InChI is InChI=1S/C15H25NO/c1-11(2)9-12(10-16)14(17)13-7-5-6-8-15(13,3)4/h11-13H,5-9H2,1-4H3. The Hall–Kier alpha value is -0.840. The topological polar surface area (TPSA) is 40.9 Å². The number of hydrogen-bond acceptors (Lipinski definition) is 2. The van der Waals surface area contributed by atoms with Crippen LogP contribution in [0.15, 0.2) is 0 Å². The van der Waals surface area contributed by atoms with Crippen molar-refractivity contribution < 1.29 is 4.79 Å². The molecule has 2 heteroatoms. The smallest absolute Gasteiger partial charge is 0.153 e. The van der Waals surface area contributed by atoms with Crippen LogP contribution in [0.2, 0.25) is 0 Å². The summed E-state index contributed by atoms with van der Waals surface area (Å²) in [6.45, 7) is 8.50. The van der Waals surface area contributed by atoms with Gasteiger partial charge < -0.3 is 0 Å². The Bertz CT molecular complexity index is 311. The van der Waals surface area contributed by atoms with Gasteiger partial charge in [0.05, 0.1) is 6.07 Å². The number of ketones is 1. The zero-order valence-electron chi connectivity index (χ0n) is 11.6. The van der Waals surface area contributed by atoms with Gasteiger partial charge in [0, 0.05) is 5.92 Å². The molecular weight excluding hydrogens is 210 g/mol. The van der Waals surface area contributed by atoms with Crippen molar-refractivity contribution in [1.29, 1.82) is 5.26 Å². The van der Waals surface area contributed by atoms with Gasteiger partial charge in [0.2, 0.25) is 0 Å². The van der Waals surface area contributed by atoms with Crippen LogP contribution in [0.4, 0.5) is 0 Å². The van der Waals surface area contributed by atoms with Gasteiger partial charge in [-0.3, -0.25) is 4.79 Å². The molecule has 2 atom stereocenters. The van der Waals surface area contributed by atoms with Crippen LogP contribution in [-0.4, -0.2) is 5.78 Å². The Morgan fingerprint density at radius 1 is 1.41 bits per heavy atom. The average molecular weight is 235 g/mol. The molecule has 96 valence electrons. The minimum absolute atomic E-state index is 0.0847. The number of nitriles is 1. The Labute approximate surface area is 105 Å². The van der Waals surface area contributed by atoms with Gasteiger partial charge in [-0.05, 0) is 30.6 Å². The van der Waals surface area contributed by atoms with E-state index in [0.29, 0.717) is 12.3 Å². The SMILES string of the molecule is CC(C)CC(C#N)C(=O)C1CCCCC1(C)C. The number of Topliss-reactive ketones (excluding diaryl/α,β-unsaturated/α-hetero) is 1. The first-order chi connectivity index (χ1) is 7.88. The summed E-state index contributed by atoms with van der Waals surface area (Å²) in [6, 6.07) is 2.22. The molecular formula is C15H25NO. The van der Waals surface area contributed by atoms with E-state index in [1.54, 1.807) is 0 Å². The molecule has 0 saturated heterocycles. The second-order valence-corrected chi connectivity index (χ2v) is 6.50. The summed E-state index contributed by atoms with van der Waals surface area (Å²) in [5.74, 6) is 0.318. The molecule has 0 aromatic carbocycles. The van der Waals surface area contributed by atoms with E-state index >= 15 is 0 Å². The van der Waals surface area contributed by atoms with Crippen LogP contribution in [0.25, 0.3) is 0 Å². The molecule has 2 unspecified atom stereocenters. The summed E-state index contributed by atoms with van der Waals surface area (Å²) in [7, 11) is 0. The molecule has 0 amide bonds. The molecule has 1 rings (SSSR count). The average Bonchev–Trinajstić information content (AvgIpc) is 2.24. The van der Waals surface area contributed by atoms with Crippen molar-refractivity contribution in [2.45, 2.75) is 59.8 Å². The minimum atomic E-state index is -0.391. The maximum atomic E-state index is 12.5. The van der Waals surface area contributed by atoms with E-state index in [9.17, 15) is 10.1 Å². The Kier molecular flexibility index (Phi) is 4.74. The highest BCUT2D eigenvalue weighted by Crippen LogP contribution is 2.42. The summed E-state index contributed by atoms with van der Waals surface area (Å²) >= 11 is 0. The van der Waals surface area contributed by atoms with Crippen LogP contribution >= 0.6 is 0 Å². The van der Waals surface area contributed by atoms with Gasteiger partial charge >= 0.3 is 0 Å². The fourth-order valence-corrected chi connectivity index (χ4v) is 2.97. The third-order valence-corrected chi connectivity index (χ3v) is 4.06. The van der Waals surface area contributed by atoms with E-state index in [1.165, 1.54) is 6.42 Å². The maximum Gasteiger partial charge on any atom is 0.153 e. The molecule has 17 heavy (non-hydrogen) atoms. The Balaban J connectivity index is 2.76. The van der Waals surface area contributed by atoms with Crippen molar-refractivity contribution in [2.75, 3.05) is 0 Å². The minimum Gasteiger partial charge on any atom is -0.298 e. The third kappa shape index (κ3) is 3.56. The van der Waals surface area contributed by atoms with Crippen LogP contribution in [0, 0.1) is 34.5 Å². The zero-order chi connectivity index (χ0) is 13.1. The molecule has 1 aliphatic rings. The fraction of sp³-hybridized carbons (Fsp3) is 0.867.